The second-order valence-corrected chi connectivity index (χ2v) is 30.8. The highest BCUT2D eigenvalue weighted by atomic mass is 32.1. The van der Waals surface area contributed by atoms with Crippen molar-refractivity contribution in [2.75, 3.05) is 9.80 Å². The molecular formula is C100H82N6O2S3. The lowest BCUT2D eigenvalue weighted by Crippen LogP contribution is -2.09. The number of fused-ring (bicyclic) bond motifs is 4. The van der Waals surface area contributed by atoms with Gasteiger partial charge in [0.15, 0.2) is 0 Å². The van der Waals surface area contributed by atoms with Crippen molar-refractivity contribution in [2.45, 2.75) is 78.1 Å². The van der Waals surface area contributed by atoms with Gasteiger partial charge < -0.3 is 19.5 Å². The van der Waals surface area contributed by atoms with Crippen LogP contribution in [0.25, 0.3) is 122 Å². The maximum Gasteiger partial charge on any atom is 0.346 e. The van der Waals surface area contributed by atoms with E-state index in [1.54, 1.807) is 0 Å². The Morgan fingerprint density at radius 3 is 1.20 bits per heavy atom. The van der Waals surface area contributed by atoms with E-state index in [1.807, 2.05) is 17.4 Å². The van der Waals surface area contributed by atoms with Gasteiger partial charge in [0.2, 0.25) is 0 Å². The molecule has 0 saturated heterocycles. The van der Waals surface area contributed by atoms with Gasteiger partial charge >= 0.3 is 5.97 Å². The molecule has 0 amide bonds. The third kappa shape index (κ3) is 16.1. The lowest BCUT2D eigenvalue weighted by Gasteiger charge is -2.25. The lowest BCUT2D eigenvalue weighted by atomic mass is 9.98. The van der Waals surface area contributed by atoms with Crippen LogP contribution in [0.3, 0.4) is 0 Å². The normalized spacial score (nSPS) is 11.7. The van der Waals surface area contributed by atoms with Crippen LogP contribution in [-0.4, -0.2) is 24.4 Å². The number of aryl methyl sites for hydroxylation is 2. The number of carboxylic acids is 1. The first kappa shape index (κ1) is 72.6. The third-order valence-electron chi connectivity index (χ3n) is 20.7. The molecular weight excluding hydrogens is 1410 g/mol. The number of benzene rings is 12. The van der Waals surface area contributed by atoms with Crippen LogP contribution < -0.4 is 9.80 Å². The van der Waals surface area contributed by atoms with E-state index in [1.165, 1.54) is 61.7 Å². The molecule has 0 aliphatic carbocycles. The van der Waals surface area contributed by atoms with Crippen LogP contribution >= 0.6 is 34.4 Å². The maximum absolute atomic E-state index is 12.0. The van der Waals surface area contributed by atoms with E-state index in [0.29, 0.717) is 0 Å². The monoisotopic (exact) mass is 1490 g/mol. The predicted molar refractivity (Wildman–Crippen MR) is 472 cm³/mol. The fourth-order valence-corrected chi connectivity index (χ4v) is 18.0. The van der Waals surface area contributed by atoms with Crippen LogP contribution in [0, 0.1) is 11.3 Å². The molecule has 16 aromatic rings. The van der Waals surface area contributed by atoms with Crippen LogP contribution in [0.15, 0.2) is 309 Å². The van der Waals surface area contributed by atoms with Gasteiger partial charge in [0.05, 0.1) is 22.8 Å². The van der Waals surface area contributed by atoms with E-state index in [4.69, 9.17) is 8.75 Å². The van der Waals surface area contributed by atoms with Gasteiger partial charge in [-0.25, -0.2) is 4.79 Å². The second-order valence-electron chi connectivity index (χ2n) is 28.1. The lowest BCUT2D eigenvalue weighted by molar-refractivity contribution is -0.132. The van der Waals surface area contributed by atoms with Crippen LogP contribution in [0.5, 0.6) is 0 Å². The van der Waals surface area contributed by atoms with Crippen molar-refractivity contribution in [1.29, 1.82) is 5.26 Å². The fraction of sp³-hybridized carbons (Fsp3) is 0.120. The van der Waals surface area contributed by atoms with Crippen LogP contribution in [-0.2, 0) is 17.6 Å². The molecule has 0 bridgehead atoms. The fourth-order valence-electron chi connectivity index (χ4n) is 15.0. The summed E-state index contributed by atoms with van der Waals surface area (Å²) in [6.45, 7) is 4.47. The average Bonchev–Trinajstić information content (AvgIpc) is 1.59. The van der Waals surface area contributed by atoms with Gasteiger partial charge in [-0.15, -0.1) is 22.7 Å². The van der Waals surface area contributed by atoms with Gasteiger partial charge in [0.25, 0.3) is 0 Å². The SMILES string of the molecule is CCCCCCc1cc(/C=C(\C#N)C(=O)O)sc1-c1ccc(-c2sc(-c3ccc(-n4c5ccc(-c6ccc(/C=C/c7ccc(N(c8ccccc8)c8ccccc8)cc7)cc6)cc5c5cc(-c6ccc(/C=C/c7ccc(N(c8ccccc8)c8ccccc8)cc7)cc6)ccc54)cc3)cc2CCCCCC)c2nsnc12. The largest absolute Gasteiger partial charge is 0.477 e. The molecule has 0 aliphatic heterocycles. The van der Waals surface area contributed by atoms with Crippen molar-refractivity contribution in [3.05, 3.63) is 347 Å². The Bertz CT molecular complexity index is 5740. The van der Waals surface area contributed by atoms with E-state index in [2.05, 4.69) is 356 Å². The van der Waals surface area contributed by atoms with Crippen LogP contribution in [0.2, 0.25) is 0 Å². The summed E-state index contributed by atoms with van der Waals surface area (Å²) < 4.78 is 12.4. The van der Waals surface area contributed by atoms with E-state index < -0.39 is 5.97 Å². The molecule has 0 aliphatic rings. The first-order valence-electron chi connectivity index (χ1n) is 38.4. The number of rotatable bonds is 28. The number of thiophene rings is 2. The predicted octanol–water partition coefficient (Wildman–Crippen LogP) is 28.8. The minimum atomic E-state index is -1.23. The highest BCUT2D eigenvalue weighted by Gasteiger charge is 2.24. The van der Waals surface area contributed by atoms with Crippen molar-refractivity contribution >= 4 is 138 Å². The topological polar surface area (TPSA) is 98.3 Å². The van der Waals surface area contributed by atoms with E-state index in [9.17, 15) is 15.2 Å². The molecule has 111 heavy (non-hydrogen) atoms. The summed E-state index contributed by atoms with van der Waals surface area (Å²) in [5.41, 5.74) is 26.2. The molecule has 1 N–H and O–H groups in total. The Morgan fingerprint density at radius 2 is 0.793 bits per heavy atom. The van der Waals surface area contributed by atoms with Crippen LogP contribution in [0.4, 0.5) is 34.1 Å². The number of anilines is 6. The Hall–Kier alpha value is -12.6. The summed E-state index contributed by atoms with van der Waals surface area (Å²) in [4.78, 5) is 20.8. The number of carboxylic acid groups (broad SMARTS) is 1. The van der Waals surface area contributed by atoms with Gasteiger partial charge in [-0.3, -0.25) is 0 Å². The number of carbonyl (C=O) groups is 1. The number of hydrogen-bond acceptors (Lipinski definition) is 9. The zero-order valence-corrected chi connectivity index (χ0v) is 64.5. The highest BCUT2D eigenvalue weighted by Crippen LogP contribution is 2.47. The standard InChI is InChI=1S/C100H82N6O2S3/c1-3-5-7-13-23-78-63-88(64-80(68-101)100(107)108)109-98(78)89-59-60-90(97-96(89)102-111-103-97)99-79(24-14-8-6-4-2)67-95(110-99)75-49-57-87(58-50-75)106-93-61-51-76(73-45-37-69(38-46-73)33-35-71-41-53-85(54-42-71)104(81-25-15-9-16-26-81)82-27-17-10-18-28-82)65-91(93)92-66-77(52-62-94(92)106)74-47-39-70(40-48-74)34-36-72-43-55-86(56-44-72)105(83-29-19-11-20-30-83)84-31-21-12-22-32-84/h9-12,15-22,25-67H,3-8,13-14,23-24H2,1-2H3,(H,107,108)/b35-33+,36-34+,80-64+. The Labute approximate surface area is 661 Å². The molecule has 4 heterocycles. The molecule has 542 valence electrons. The molecule has 0 spiro atoms. The smallest absolute Gasteiger partial charge is 0.346 e. The summed E-state index contributed by atoms with van der Waals surface area (Å²) in [5.74, 6) is -1.23. The summed E-state index contributed by atoms with van der Waals surface area (Å²) in [7, 11) is 0. The van der Waals surface area contributed by atoms with E-state index in [-0.39, 0.29) is 5.57 Å². The Kier molecular flexibility index (Phi) is 22.2. The van der Waals surface area contributed by atoms with Crippen LogP contribution in [0.1, 0.15) is 103 Å². The summed E-state index contributed by atoms with van der Waals surface area (Å²) in [5, 5.41) is 21.9. The minimum Gasteiger partial charge on any atom is -0.477 e. The van der Waals surface area contributed by atoms with Crippen molar-refractivity contribution < 1.29 is 9.90 Å². The quantitative estimate of drug-likeness (QED) is 0.0226. The molecule has 16 rings (SSSR count). The van der Waals surface area contributed by atoms with Crippen molar-refractivity contribution in [3.8, 4) is 65.3 Å². The van der Waals surface area contributed by atoms with Gasteiger partial charge in [-0.1, -0.05) is 259 Å². The van der Waals surface area contributed by atoms with Gasteiger partial charge in [-0.05, 0) is 214 Å². The first-order chi connectivity index (χ1) is 54.7. The summed E-state index contributed by atoms with van der Waals surface area (Å²) in [6, 6.07) is 111. The van der Waals surface area contributed by atoms with E-state index in [0.717, 1.165) is 196 Å². The maximum atomic E-state index is 12.0. The van der Waals surface area contributed by atoms with Crippen molar-refractivity contribution in [2.24, 2.45) is 0 Å². The summed E-state index contributed by atoms with van der Waals surface area (Å²) >= 11 is 4.58. The molecule has 0 fully saturated rings. The molecule has 8 nitrogen and oxygen atoms in total. The Balaban J connectivity index is 0.711. The molecule has 0 saturated carbocycles. The number of hydrogen-bond donors (Lipinski definition) is 1. The van der Waals surface area contributed by atoms with Crippen molar-refractivity contribution in [3.63, 3.8) is 0 Å². The number of nitrogens with zero attached hydrogens (tertiary/aromatic N) is 6. The Morgan fingerprint density at radius 1 is 0.414 bits per heavy atom. The number of unbranched alkanes of at least 4 members (excludes halogenated alkanes) is 6. The molecule has 0 atom stereocenters. The molecule has 4 aromatic heterocycles. The van der Waals surface area contributed by atoms with Gasteiger partial charge in [-0.2, -0.15) is 14.0 Å². The summed E-state index contributed by atoms with van der Waals surface area (Å²) in [6.07, 6.45) is 21.1. The average molecular weight is 1500 g/mol. The molecule has 11 heteroatoms. The van der Waals surface area contributed by atoms with Crippen molar-refractivity contribution in [1.82, 2.24) is 13.3 Å². The zero-order chi connectivity index (χ0) is 75.4. The van der Waals surface area contributed by atoms with E-state index >= 15 is 0 Å². The number of aromatic nitrogens is 3. The zero-order valence-electron chi connectivity index (χ0n) is 62.1. The van der Waals surface area contributed by atoms with Gasteiger partial charge in [0.1, 0.15) is 22.7 Å². The van der Waals surface area contributed by atoms with Gasteiger partial charge in [0, 0.05) is 81.2 Å². The minimum absolute atomic E-state index is 0.281. The molecule has 0 unspecified atom stereocenters. The molecule has 12 aromatic carbocycles. The number of nitriles is 1. The number of aliphatic carboxylic acids is 1. The highest BCUT2D eigenvalue weighted by molar-refractivity contribution is 7.19. The first-order valence-corrected chi connectivity index (χ1v) is 40.7. The molecule has 0 radical (unpaired) electrons. The second kappa shape index (κ2) is 33.9. The number of para-hydroxylation sites is 4. The third-order valence-corrected chi connectivity index (χ3v) is 23.7.